The molecule has 6 heteroatoms. The van der Waals surface area contributed by atoms with Gasteiger partial charge in [0.15, 0.2) is 0 Å². The number of nitrogens with one attached hydrogen (secondary N) is 2. The lowest BCUT2D eigenvalue weighted by Crippen LogP contribution is -2.25. The van der Waals surface area contributed by atoms with E-state index in [0.717, 1.165) is 22.3 Å². The van der Waals surface area contributed by atoms with Crippen LogP contribution >= 0.6 is 0 Å². The van der Waals surface area contributed by atoms with Gasteiger partial charge >= 0.3 is 0 Å². The number of carbonyl (C=O) groups is 2. The molecule has 22 heavy (non-hydrogen) atoms. The van der Waals surface area contributed by atoms with Crippen molar-refractivity contribution in [1.29, 1.82) is 0 Å². The second kappa shape index (κ2) is 6.01. The quantitative estimate of drug-likeness (QED) is 0.555. The molecule has 0 aromatic heterocycles. The molecular formula is C16H12N4O2. The number of carbonyl (C=O) groups excluding carboxylic acids is 2. The monoisotopic (exact) mass is 292 g/mol. The Hall–Kier alpha value is -3.28. The normalized spacial score (nSPS) is 11.8. The van der Waals surface area contributed by atoms with Crippen molar-refractivity contribution in [1.82, 2.24) is 10.9 Å². The van der Waals surface area contributed by atoms with E-state index in [1.807, 2.05) is 48.5 Å². The zero-order valence-corrected chi connectivity index (χ0v) is 11.5. The zero-order valence-electron chi connectivity index (χ0n) is 11.5. The van der Waals surface area contributed by atoms with Gasteiger partial charge in [-0.05, 0) is 0 Å². The summed E-state index contributed by atoms with van der Waals surface area (Å²) in [5.41, 5.74) is 9.36. The Bertz CT molecular complexity index is 679. The van der Waals surface area contributed by atoms with Crippen LogP contribution in [0.15, 0.2) is 58.7 Å². The van der Waals surface area contributed by atoms with Gasteiger partial charge in [-0.25, -0.2) is 10.9 Å². The van der Waals surface area contributed by atoms with Crippen molar-refractivity contribution < 1.29 is 9.59 Å². The third kappa shape index (κ3) is 2.26. The van der Waals surface area contributed by atoms with Gasteiger partial charge in [-0.15, -0.1) is 0 Å². The van der Waals surface area contributed by atoms with Crippen molar-refractivity contribution in [3.63, 3.8) is 0 Å². The Morgan fingerprint density at radius 1 is 0.636 bits per heavy atom. The molecule has 0 atom stereocenters. The largest absolute Gasteiger partial charge is 0.277 e. The molecule has 0 radical (unpaired) electrons. The van der Waals surface area contributed by atoms with Crippen molar-refractivity contribution >= 4 is 24.2 Å². The molecule has 6 nitrogen and oxygen atoms in total. The molecule has 0 saturated carbocycles. The number of amides is 2. The highest BCUT2D eigenvalue weighted by Crippen LogP contribution is 2.27. The van der Waals surface area contributed by atoms with E-state index in [-0.39, 0.29) is 0 Å². The molecule has 1 aliphatic rings. The van der Waals surface area contributed by atoms with Crippen molar-refractivity contribution in [2.24, 2.45) is 10.2 Å². The van der Waals surface area contributed by atoms with Crippen LogP contribution in [0.2, 0.25) is 0 Å². The van der Waals surface area contributed by atoms with E-state index < -0.39 is 0 Å². The van der Waals surface area contributed by atoms with Gasteiger partial charge in [-0.1, -0.05) is 48.5 Å². The Labute approximate surface area is 126 Å². The number of hydrogen-bond donors (Lipinski definition) is 2. The average Bonchev–Trinajstić information content (AvgIpc) is 2.58. The van der Waals surface area contributed by atoms with E-state index in [0.29, 0.717) is 24.2 Å². The summed E-state index contributed by atoms with van der Waals surface area (Å²) >= 11 is 0. The SMILES string of the molecule is O=CNN=C1c2ccccc2C(=NNC=O)c2ccccc21. The molecule has 2 aromatic rings. The molecule has 2 N–H and O–H groups in total. The highest BCUT2D eigenvalue weighted by molar-refractivity contribution is 6.31. The van der Waals surface area contributed by atoms with Crippen LogP contribution in [0.4, 0.5) is 0 Å². The first-order valence-corrected chi connectivity index (χ1v) is 6.60. The summed E-state index contributed by atoms with van der Waals surface area (Å²) in [6, 6.07) is 15.1. The molecule has 0 saturated heterocycles. The van der Waals surface area contributed by atoms with Crippen LogP contribution in [0.25, 0.3) is 0 Å². The fraction of sp³-hybridized carbons (Fsp3) is 0. The molecule has 1 aliphatic carbocycles. The molecule has 0 fully saturated rings. The maximum atomic E-state index is 10.6. The third-order valence-electron chi connectivity index (χ3n) is 3.33. The fourth-order valence-electron chi connectivity index (χ4n) is 2.51. The summed E-state index contributed by atoms with van der Waals surface area (Å²) < 4.78 is 0. The third-order valence-corrected chi connectivity index (χ3v) is 3.33. The zero-order chi connectivity index (χ0) is 15.4. The van der Waals surface area contributed by atoms with Gasteiger partial charge in [-0.3, -0.25) is 9.59 Å². The molecule has 0 heterocycles. The summed E-state index contributed by atoms with van der Waals surface area (Å²) in [6.07, 6.45) is 1.05. The van der Waals surface area contributed by atoms with E-state index >= 15 is 0 Å². The van der Waals surface area contributed by atoms with Crippen LogP contribution in [0.3, 0.4) is 0 Å². The maximum absolute atomic E-state index is 10.6. The summed E-state index contributed by atoms with van der Waals surface area (Å²) in [7, 11) is 0. The Kier molecular flexibility index (Phi) is 3.74. The Morgan fingerprint density at radius 3 is 1.23 bits per heavy atom. The molecule has 0 unspecified atom stereocenters. The highest BCUT2D eigenvalue weighted by atomic mass is 16.1. The van der Waals surface area contributed by atoms with E-state index in [1.54, 1.807) is 0 Å². The lowest BCUT2D eigenvalue weighted by atomic mass is 9.83. The van der Waals surface area contributed by atoms with E-state index in [4.69, 9.17) is 0 Å². The number of hydrazone groups is 2. The van der Waals surface area contributed by atoms with Gasteiger partial charge in [0.2, 0.25) is 12.8 Å². The second-order valence-corrected chi connectivity index (χ2v) is 4.51. The standard InChI is InChI=1S/C16H12N4O2/c21-9-17-19-15-11-5-1-2-6-12(11)16(20-18-10-22)14-8-4-3-7-13(14)15/h1-10H,(H,17,21)(H,18,22). The number of nitrogens with zero attached hydrogens (tertiary/aromatic N) is 2. The maximum Gasteiger partial charge on any atom is 0.227 e. The van der Waals surface area contributed by atoms with Crippen LogP contribution in [0.1, 0.15) is 22.3 Å². The number of hydrogen-bond acceptors (Lipinski definition) is 4. The summed E-state index contributed by atoms with van der Waals surface area (Å²) in [6.45, 7) is 0. The fourth-order valence-corrected chi connectivity index (χ4v) is 2.51. The molecule has 2 aromatic carbocycles. The van der Waals surface area contributed by atoms with Crippen LogP contribution in [-0.2, 0) is 9.59 Å². The summed E-state index contributed by atoms with van der Waals surface area (Å²) in [5, 5.41) is 8.31. The lowest BCUT2D eigenvalue weighted by molar-refractivity contribution is -0.110. The van der Waals surface area contributed by atoms with Crippen molar-refractivity contribution in [2.75, 3.05) is 0 Å². The summed E-state index contributed by atoms with van der Waals surface area (Å²) in [5.74, 6) is 0. The smallest absolute Gasteiger partial charge is 0.227 e. The Balaban J connectivity index is 2.28. The van der Waals surface area contributed by atoms with Crippen LogP contribution in [-0.4, -0.2) is 24.2 Å². The average molecular weight is 292 g/mol. The van der Waals surface area contributed by atoms with Gasteiger partial charge in [0.05, 0.1) is 11.4 Å². The van der Waals surface area contributed by atoms with E-state index in [1.165, 1.54) is 0 Å². The van der Waals surface area contributed by atoms with Crippen molar-refractivity contribution in [3.8, 4) is 0 Å². The van der Waals surface area contributed by atoms with Crippen LogP contribution in [0, 0.1) is 0 Å². The minimum Gasteiger partial charge on any atom is -0.277 e. The second-order valence-electron chi connectivity index (χ2n) is 4.51. The van der Waals surface area contributed by atoms with Crippen LogP contribution in [0.5, 0.6) is 0 Å². The lowest BCUT2D eigenvalue weighted by Gasteiger charge is -2.22. The molecule has 0 aliphatic heterocycles. The predicted molar refractivity (Wildman–Crippen MR) is 82.6 cm³/mol. The molecule has 3 rings (SSSR count). The number of benzene rings is 2. The van der Waals surface area contributed by atoms with Gasteiger partial charge < -0.3 is 0 Å². The van der Waals surface area contributed by atoms with Gasteiger partial charge in [0.25, 0.3) is 0 Å². The van der Waals surface area contributed by atoms with Crippen molar-refractivity contribution in [2.45, 2.75) is 0 Å². The van der Waals surface area contributed by atoms with E-state index in [2.05, 4.69) is 21.1 Å². The minimum atomic E-state index is 0.524. The molecular weight excluding hydrogens is 280 g/mol. The minimum absolute atomic E-state index is 0.524. The van der Waals surface area contributed by atoms with Crippen LogP contribution < -0.4 is 10.9 Å². The molecule has 108 valence electrons. The first kappa shape index (κ1) is 13.7. The van der Waals surface area contributed by atoms with Gasteiger partial charge in [-0.2, -0.15) is 10.2 Å². The summed E-state index contributed by atoms with van der Waals surface area (Å²) in [4.78, 5) is 21.2. The number of rotatable bonds is 4. The Morgan fingerprint density at radius 2 is 0.955 bits per heavy atom. The van der Waals surface area contributed by atoms with Gasteiger partial charge in [0, 0.05) is 22.3 Å². The molecule has 0 spiro atoms. The number of fused-ring (bicyclic) bond motifs is 2. The van der Waals surface area contributed by atoms with Gasteiger partial charge in [0.1, 0.15) is 0 Å². The highest BCUT2D eigenvalue weighted by Gasteiger charge is 2.26. The molecule has 0 bridgehead atoms. The predicted octanol–water partition coefficient (Wildman–Crippen LogP) is 0.997. The first-order valence-electron chi connectivity index (χ1n) is 6.60. The van der Waals surface area contributed by atoms with Crippen molar-refractivity contribution in [3.05, 3.63) is 70.8 Å². The molecule has 2 amide bonds. The first-order chi connectivity index (χ1) is 10.9. The van der Waals surface area contributed by atoms with E-state index in [9.17, 15) is 9.59 Å². The topological polar surface area (TPSA) is 82.9 Å².